The van der Waals surface area contributed by atoms with Crippen molar-refractivity contribution in [3.05, 3.63) is 45.9 Å². The van der Waals surface area contributed by atoms with Crippen molar-refractivity contribution < 1.29 is 9.59 Å². The largest absolute Gasteiger partial charge is 0.329 e. The highest BCUT2D eigenvalue weighted by atomic mass is 79.9. The molecule has 0 aliphatic carbocycles. The van der Waals surface area contributed by atoms with Gasteiger partial charge in [-0.15, -0.1) is 11.3 Å². The molecule has 1 aromatic heterocycles. The normalized spacial score (nSPS) is 10.7. The Labute approximate surface area is 160 Å². The van der Waals surface area contributed by atoms with E-state index in [-0.39, 0.29) is 18.4 Å². The number of nitrogens with one attached hydrogen (secondary N) is 1. The molecule has 0 aliphatic heterocycles. The Morgan fingerprint density at radius 1 is 1.28 bits per heavy atom. The molecule has 0 spiro atoms. The Kier molecular flexibility index (Phi) is 7.54. The third-order valence-corrected chi connectivity index (χ3v) is 4.59. The van der Waals surface area contributed by atoms with Crippen molar-refractivity contribution in [3.8, 4) is 0 Å². The summed E-state index contributed by atoms with van der Waals surface area (Å²) in [5.41, 5.74) is 0.557. The maximum absolute atomic E-state index is 12.8. The molecule has 25 heavy (non-hydrogen) atoms. The topological polar surface area (TPSA) is 65.5 Å². The summed E-state index contributed by atoms with van der Waals surface area (Å²) in [7, 11) is 3.96. The minimum absolute atomic E-state index is 0.00163. The predicted octanol–water partition coefficient (Wildman–Crippen LogP) is 2.94. The molecule has 0 radical (unpaired) electrons. The smallest absolute Gasteiger partial charge is 0.254 e. The maximum atomic E-state index is 12.8. The molecule has 0 bridgehead atoms. The van der Waals surface area contributed by atoms with Gasteiger partial charge in [0, 0.05) is 28.2 Å². The van der Waals surface area contributed by atoms with Crippen LogP contribution in [-0.4, -0.2) is 60.3 Å². The number of rotatable bonds is 8. The van der Waals surface area contributed by atoms with Crippen LogP contribution in [0.4, 0.5) is 5.13 Å². The van der Waals surface area contributed by atoms with Crippen LogP contribution in [0.1, 0.15) is 16.8 Å². The third-order valence-electron chi connectivity index (χ3n) is 3.41. The van der Waals surface area contributed by atoms with Crippen molar-refractivity contribution in [2.45, 2.75) is 6.42 Å². The van der Waals surface area contributed by atoms with Crippen molar-refractivity contribution in [3.63, 3.8) is 0 Å². The minimum atomic E-state index is -0.247. The predicted molar refractivity (Wildman–Crippen MR) is 104 cm³/mol. The summed E-state index contributed by atoms with van der Waals surface area (Å²) in [4.78, 5) is 32.7. The maximum Gasteiger partial charge on any atom is 0.254 e. The van der Waals surface area contributed by atoms with Gasteiger partial charge in [-0.25, -0.2) is 4.98 Å². The first-order valence-corrected chi connectivity index (χ1v) is 9.52. The molecular formula is C17H21BrN4O2S. The number of carbonyl (C=O) groups excluding carboxylic acids is 2. The second kappa shape index (κ2) is 9.65. The van der Waals surface area contributed by atoms with E-state index in [1.165, 1.54) is 11.3 Å². The molecule has 8 heteroatoms. The molecule has 2 rings (SSSR count). The zero-order valence-electron chi connectivity index (χ0n) is 14.2. The first kappa shape index (κ1) is 19.6. The monoisotopic (exact) mass is 424 g/mol. The van der Waals surface area contributed by atoms with Gasteiger partial charge in [0.2, 0.25) is 5.91 Å². The molecule has 0 fully saturated rings. The summed E-state index contributed by atoms with van der Waals surface area (Å²) in [6.45, 7) is 1.35. The van der Waals surface area contributed by atoms with Gasteiger partial charge in [-0.05, 0) is 45.3 Å². The lowest BCUT2D eigenvalue weighted by molar-refractivity contribution is -0.116. The van der Waals surface area contributed by atoms with Crippen molar-refractivity contribution in [2.75, 3.05) is 39.0 Å². The molecule has 0 saturated heterocycles. The molecule has 0 aliphatic rings. The number of anilines is 1. The van der Waals surface area contributed by atoms with Crippen molar-refractivity contribution >= 4 is 44.2 Å². The quantitative estimate of drug-likeness (QED) is 0.707. The SMILES string of the molecule is CN(C)CCCN(CC(=O)Nc1nccs1)C(=O)c1cccc(Br)c1. The highest BCUT2D eigenvalue weighted by Gasteiger charge is 2.19. The van der Waals surface area contributed by atoms with E-state index in [1.807, 2.05) is 26.2 Å². The highest BCUT2D eigenvalue weighted by molar-refractivity contribution is 9.10. The van der Waals surface area contributed by atoms with Gasteiger partial charge < -0.3 is 15.1 Å². The van der Waals surface area contributed by atoms with E-state index in [4.69, 9.17) is 0 Å². The molecule has 1 aromatic carbocycles. The summed E-state index contributed by atoms with van der Waals surface area (Å²) >= 11 is 4.73. The number of aromatic nitrogens is 1. The van der Waals surface area contributed by atoms with Crippen LogP contribution in [0.2, 0.25) is 0 Å². The van der Waals surface area contributed by atoms with E-state index in [1.54, 1.807) is 28.6 Å². The number of halogens is 1. The number of hydrogen-bond acceptors (Lipinski definition) is 5. The number of nitrogens with zero attached hydrogens (tertiary/aromatic N) is 3. The lowest BCUT2D eigenvalue weighted by Gasteiger charge is -2.23. The number of carbonyl (C=O) groups is 2. The second-order valence-electron chi connectivity index (χ2n) is 5.78. The van der Waals surface area contributed by atoms with Gasteiger partial charge >= 0.3 is 0 Å². The van der Waals surface area contributed by atoms with Crippen LogP contribution >= 0.6 is 27.3 Å². The molecule has 1 N–H and O–H groups in total. The molecule has 0 saturated carbocycles. The van der Waals surface area contributed by atoms with Crippen LogP contribution in [-0.2, 0) is 4.79 Å². The van der Waals surface area contributed by atoms with Gasteiger partial charge in [-0.2, -0.15) is 0 Å². The summed E-state index contributed by atoms with van der Waals surface area (Å²) in [5, 5.41) is 5.05. The van der Waals surface area contributed by atoms with E-state index in [9.17, 15) is 9.59 Å². The van der Waals surface area contributed by atoms with Crippen LogP contribution in [0.25, 0.3) is 0 Å². The van der Waals surface area contributed by atoms with E-state index in [0.29, 0.717) is 17.2 Å². The van der Waals surface area contributed by atoms with Crippen molar-refractivity contribution in [1.29, 1.82) is 0 Å². The van der Waals surface area contributed by atoms with Gasteiger partial charge in [0.25, 0.3) is 5.91 Å². The Morgan fingerprint density at radius 3 is 2.72 bits per heavy atom. The first-order valence-electron chi connectivity index (χ1n) is 7.84. The van der Waals surface area contributed by atoms with Crippen LogP contribution in [0.5, 0.6) is 0 Å². The molecule has 0 unspecified atom stereocenters. The van der Waals surface area contributed by atoms with Crippen molar-refractivity contribution in [2.24, 2.45) is 0 Å². The van der Waals surface area contributed by atoms with Gasteiger partial charge in [0.05, 0.1) is 0 Å². The summed E-state index contributed by atoms with van der Waals surface area (Å²) < 4.78 is 0.832. The molecule has 2 amide bonds. The third kappa shape index (κ3) is 6.56. The zero-order chi connectivity index (χ0) is 18.2. The van der Waals surface area contributed by atoms with E-state index in [0.717, 1.165) is 17.4 Å². The Balaban J connectivity index is 2.05. The summed E-state index contributed by atoms with van der Waals surface area (Å²) in [6, 6.07) is 7.19. The second-order valence-corrected chi connectivity index (χ2v) is 7.59. The van der Waals surface area contributed by atoms with Gasteiger partial charge in [-0.3, -0.25) is 9.59 Å². The van der Waals surface area contributed by atoms with Crippen LogP contribution in [0.15, 0.2) is 40.3 Å². The van der Waals surface area contributed by atoms with Gasteiger partial charge in [0.15, 0.2) is 5.13 Å². The molecular weight excluding hydrogens is 404 g/mol. The zero-order valence-corrected chi connectivity index (χ0v) is 16.6. The molecule has 1 heterocycles. The van der Waals surface area contributed by atoms with E-state index >= 15 is 0 Å². The van der Waals surface area contributed by atoms with Crippen LogP contribution in [0.3, 0.4) is 0 Å². The fraction of sp³-hybridized carbons (Fsp3) is 0.353. The van der Waals surface area contributed by atoms with Crippen molar-refractivity contribution in [1.82, 2.24) is 14.8 Å². The lowest BCUT2D eigenvalue weighted by Crippen LogP contribution is -2.39. The number of thiazole rings is 1. The molecule has 134 valence electrons. The molecule has 0 atom stereocenters. The standard InChI is InChI=1S/C17H21BrN4O2S/c1-21(2)8-4-9-22(12-15(23)20-17-19-7-10-25-17)16(24)13-5-3-6-14(18)11-13/h3,5-7,10-11H,4,8-9,12H2,1-2H3,(H,19,20,23). The van der Waals surface area contributed by atoms with Crippen LogP contribution < -0.4 is 5.32 Å². The molecule has 2 aromatic rings. The number of benzene rings is 1. The van der Waals surface area contributed by atoms with Gasteiger partial charge in [0.1, 0.15) is 6.54 Å². The van der Waals surface area contributed by atoms with E-state index < -0.39 is 0 Å². The summed E-state index contributed by atoms with van der Waals surface area (Å²) in [5.74, 6) is -0.405. The average molecular weight is 425 g/mol. The number of amides is 2. The van der Waals surface area contributed by atoms with Crippen LogP contribution in [0, 0.1) is 0 Å². The molecule has 6 nitrogen and oxygen atoms in total. The number of hydrogen-bond donors (Lipinski definition) is 1. The first-order chi connectivity index (χ1) is 12.0. The lowest BCUT2D eigenvalue weighted by atomic mass is 10.2. The fourth-order valence-corrected chi connectivity index (χ4v) is 3.20. The highest BCUT2D eigenvalue weighted by Crippen LogP contribution is 2.15. The average Bonchev–Trinajstić information content (AvgIpc) is 3.05. The summed E-state index contributed by atoms with van der Waals surface area (Å²) in [6.07, 6.45) is 2.42. The fourth-order valence-electron chi connectivity index (χ4n) is 2.25. The Bertz CT molecular complexity index is 706. The Morgan fingerprint density at radius 2 is 2.08 bits per heavy atom. The van der Waals surface area contributed by atoms with E-state index in [2.05, 4.69) is 31.1 Å². The Hall–Kier alpha value is -1.77. The van der Waals surface area contributed by atoms with Gasteiger partial charge in [-0.1, -0.05) is 22.0 Å². The minimum Gasteiger partial charge on any atom is -0.329 e.